The van der Waals surface area contributed by atoms with Crippen molar-refractivity contribution in [1.29, 1.82) is 5.26 Å². The van der Waals surface area contributed by atoms with Crippen LogP contribution in [0.5, 0.6) is 0 Å². The summed E-state index contributed by atoms with van der Waals surface area (Å²) in [5.74, 6) is 0.681. The van der Waals surface area contributed by atoms with Crippen molar-refractivity contribution in [3.8, 4) is 6.07 Å². The van der Waals surface area contributed by atoms with Crippen LogP contribution in [-0.4, -0.2) is 65.1 Å². The number of amides is 3. The molecule has 0 spiro atoms. The Morgan fingerprint density at radius 1 is 1.27 bits per heavy atom. The molecule has 1 aromatic carbocycles. The summed E-state index contributed by atoms with van der Waals surface area (Å²) in [4.78, 5) is 35.1. The molecule has 0 aliphatic rings. The number of aliphatic imine (C=N–C) groups is 1. The molecule has 0 heterocycles. The molecular formula is C19H28N6O3S2. The Hall–Kier alpha value is -2.58. The van der Waals surface area contributed by atoms with Gasteiger partial charge in [0, 0.05) is 33.3 Å². The number of unbranched alkanes of at least 4 members (excludes halogenated alkanes) is 1. The highest BCUT2D eigenvalue weighted by Gasteiger charge is 2.20. The second-order valence-electron chi connectivity index (χ2n) is 6.50. The molecule has 0 N–H and O–H groups in total. The van der Waals surface area contributed by atoms with Crippen molar-refractivity contribution in [2.45, 2.75) is 26.7 Å². The number of nitrogens with zero attached hydrogens (tertiary/aromatic N) is 6. The minimum absolute atomic E-state index is 0.364. The second-order valence-corrected chi connectivity index (χ2v) is 9.52. The van der Waals surface area contributed by atoms with Crippen LogP contribution in [0.4, 0.5) is 15.3 Å². The van der Waals surface area contributed by atoms with Crippen molar-refractivity contribution >= 4 is 47.0 Å². The van der Waals surface area contributed by atoms with Crippen molar-refractivity contribution in [1.82, 2.24) is 13.5 Å². The first kappa shape index (κ1) is 25.5. The summed E-state index contributed by atoms with van der Waals surface area (Å²) < 4.78 is 6.32. The van der Waals surface area contributed by atoms with Gasteiger partial charge in [-0.25, -0.2) is 18.9 Å². The SMILES string of the molecule is Cc1ccc(N=CN(C)C(=O)N(C)SN(C)C(=O)ON=S(C)CCCC#N)c(C)c1. The molecule has 1 aromatic rings. The van der Waals surface area contributed by atoms with Crippen molar-refractivity contribution in [2.24, 2.45) is 9.52 Å². The number of urea groups is 1. The predicted octanol–water partition coefficient (Wildman–Crippen LogP) is 4.23. The Labute approximate surface area is 185 Å². The summed E-state index contributed by atoms with van der Waals surface area (Å²) in [5, 5.41) is 8.54. The van der Waals surface area contributed by atoms with Crippen LogP contribution in [0, 0.1) is 25.2 Å². The molecule has 0 aromatic heterocycles. The van der Waals surface area contributed by atoms with Gasteiger partial charge in [-0.05, 0) is 38.2 Å². The monoisotopic (exact) mass is 452 g/mol. The van der Waals surface area contributed by atoms with E-state index in [4.69, 9.17) is 10.1 Å². The van der Waals surface area contributed by atoms with E-state index in [0.29, 0.717) is 18.6 Å². The summed E-state index contributed by atoms with van der Waals surface area (Å²) in [7, 11) is 4.14. The first-order chi connectivity index (χ1) is 14.1. The smallest absolute Gasteiger partial charge is 0.291 e. The number of aryl methyl sites for hydroxylation is 2. The topological polar surface area (TPSA) is 102 Å². The molecule has 0 radical (unpaired) electrons. The first-order valence-electron chi connectivity index (χ1n) is 9.11. The lowest BCUT2D eigenvalue weighted by Gasteiger charge is -2.23. The number of benzene rings is 1. The van der Waals surface area contributed by atoms with Gasteiger partial charge < -0.3 is 0 Å². The summed E-state index contributed by atoms with van der Waals surface area (Å²) in [5.41, 5.74) is 2.94. The van der Waals surface area contributed by atoms with Crippen LogP contribution in [0.3, 0.4) is 0 Å². The van der Waals surface area contributed by atoms with Crippen molar-refractivity contribution in [3.05, 3.63) is 29.3 Å². The number of rotatable bonds is 8. The number of carbonyl (C=O) groups excluding carboxylic acids is 2. The van der Waals surface area contributed by atoms with Crippen molar-refractivity contribution < 1.29 is 14.4 Å². The Kier molecular flexibility index (Phi) is 10.9. The molecule has 0 bridgehead atoms. The van der Waals surface area contributed by atoms with Crippen LogP contribution >= 0.6 is 12.1 Å². The average Bonchev–Trinajstić information content (AvgIpc) is 2.70. The molecular weight excluding hydrogens is 424 g/mol. The van der Waals surface area contributed by atoms with E-state index in [1.54, 1.807) is 14.1 Å². The third-order valence-electron chi connectivity index (χ3n) is 3.77. The van der Waals surface area contributed by atoms with Crippen LogP contribution in [0.15, 0.2) is 27.7 Å². The number of nitriles is 1. The standard InChI is InChI=1S/C19H28N6O3S2/c1-15-9-10-17(16(2)13-15)21-14-23(3)18(26)24(4)29-25(5)19(27)28-22-30(6)12-8-7-11-20/h9-10,13-14H,7-8,12H2,1-6H3. The quantitative estimate of drug-likeness (QED) is 0.193. The van der Waals surface area contributed by atoms with Gasteiger partial charge >= 0.3 is 12.1 Å². The fraction of sp³-hybridized carbons (Fsp3) is 0.474. The molecule has 0 aliphatic carbocycles. The van der Waals surface area contributed by atoms with Gasteiger partial charge in [0.1, 0.15) is 0 Å². The largest absolute Gasteiger partial charge is 0.447 e. The minimum atomic E-state index is -0.689. The van der Waals surface area contributed by atoms with Crippen LogP contribution in [-0.2, 0) is 15.5 Å². The van der Waals surface area contributed by atoms with E-state index in [-0.39, 0.29) is 6.03 Å². The summed E-state index contributed by atoms with van der Waals surface area (Å²) in [6.07, 6.45) is 3.73. The van der Waals surface area contributed by atoms with E-state index in [2.05, 4.69) is 15.6 Å². The summed E-state index contributed by atoms with van der Waals surface area (Å²) >= 11 is 0.883. The van der Waals surface area contributed by atoms with E-state index in [1.165, 1.54) is 26.9 Å². The Bertz CT molecular complexity index is 853. The van der Waals surface area contributed by atoms with Crippen LogP contribution in [0.25, 0.3) is 0 Å². The molecule has 30 heavy (non-hydrogen) atoms. The zero-order valence-electron chi connectivity index (χ0n) is 18.2. The highest BCUT2D eigenvalue weighted by atomic mass is 32.2. The van der Waals surface area contributed by atoms with Gasteiger partial charge in [0.05, 0.1) is 30.2 Å². The zero-order chi connectivity index (χ0) is 22.7. The van der Waals surface area contributed by atoms with Gasteiger partial charge in [0.15, 0.2) is 0 Å². The third-order valence-corrected chi connectivity index (χ3v) is 5.77. The fourth-order valence-corrected chi connectivity index (χ4v) is 3.67. The number of carbonyl (C=O) groups is 2. The third kappa shape index (κ3) is 8.84. The van der Waals surface area contributed by atoms with Gasteiger partial charge in [-0.3, -0.25) is 14.0 Å². The van der Waals surface area contributed by atoms with E-state index >= 15 is 0 Å². The molecule has 0 aliphatic heterocycles. The molecule has 1 atom stereocenters. The van der Waals surface area contributed by atoms with E-state index < -0.39 is 16.8 Å². The Morgan fingerprint density at radius 2 is 1.97 bits per heavy atom. The summed E-state index contributed by atoms with van der Waals surface area (Å²) in [6, 6.07) is 7.57. The molecule has 0 saturated carbocycles. The molecule has 1 unspecified atom stereocenters. The van der Waals surface area contributed by atoms with Gasteiger partial charge in [-0.15, -0.1) is 0 Å². The molecule has 1 rings (SSSR count). The van der Waals surface area contributed by atoms with Crippen molar-refractivity contribution in [3.63, 3.8) is 0 Å². The highest BCUT2D eigenvalue weighted by Crippen LogP contribution is 2.19. The lowest BCUT2D eigenvalue weighted by Crippen LogP contribution is -2.37. The maximum atomic E-state index is 12.5. The maximum absolute atomic E-state index is 12.5. The van der Waals surface area contributed by atoms with Gasteiger partial charge in [0.2, 0.25) is 0 Å². The molecule has 11 heteroatoms. The highest BCUT2D eigenvalue weighted by molar-refractivity contribution is 7.95. The number of hydrogen-bond donors (Lipinski definition) is 0. The maximum Gasteiger partial charge on any atom is 0.447 e. The fourth-order valence-electron chi connectivity index (χ4n) is 2.17. The van der Waals surface area contributed by atoms with Crippen LogP contribution < -0.4 is 0 Å². The molecule has 9 nitrogen and oxygen atoms in total. The Morgan fingerprint density at radius 3 is 2.60 bits per heavy atom. The number of hydrogen-bond acceptors (Lipinski definition) is 7. The lowest BCUT2D eigenvalue weighted by molar-refractivity contribution is 0.138. The molecule has 0 fully saturated rings. The van der Waals surface area contributed by atoms with E-state index in [9.17, 15) is 9.59 Å². The Balaban J connectivity index is 2.57. The predicted molar refractivity (Wildman–Crippen MR) is 122 cm³/mol. The van der Waals surface area contributed by atoms with Gasteiger partial charge in [0.25, 0.3) is 0 Å². The van der Waals surface area contributed by atoms with Gasteiger partial charge in [-0.2, -0.15) is 5.26 Å². The zero-order valence-corrected chi connectivity index (χ0v) is 19.8. The second kappa shape index (κ2) is 12.9. The first-order valence-corrected chi connectivity index (χ1v) is 11.6. The average molecular weight is 453 g/mol. The van der Waals surface area contributed by atoms with Crippen molar-refractivity contribution in [2.75, 3.05) is 33.2 Å². The molecule has 3 amide bonds. The summed E-state index contributed by atoms with van der Waals surface area (Å²) in [6.45, 7) is 3.97. The minimum Gasteiger partial charge on any atom is -0.291 e. The van der Waals surface area contributed by atoms with Crippen LogP contribution in [0.1, 0.15) is 24.0 Å². The normalized spacial score (nSPS) is 11.8. The van der Waals surface area contributed by atoms with Gasteiger partial charge in [-0.1, -0.05) is 32.9 Å². The van der Waals surface area contributed by atoms with E-state index in [1.807, 2.05) is 38.3 Å². The lowest BCUT2D eigenvalue weighted by atomic mass is 10.1. The van der Waals surface area contributed by atoms with Crippen LogP contribution in [0.2, 0.25) is 0 Å². The molecule has 0 saturated heterocycles. The van der Waals surface area contributed by atoms with E-state index in [0.717, 1.165) is 28.9 Å². The molecule has 164 valence electrons.